The van der Waals surface area contributed by atoms with Crippen LogP contribution in [0.1, 0.15) is 49.4 Å². The van der Waals surface area contributed by atoms with Gasteiger partial charge in [-0.15, -0.1) is 0 Å². The van der Waals surface area contributed by atoms with Gasteiger partial charge in [0.15, 0.2) is 12.0 Å². The van der Waals surface area contributed by atoms with E-state index >= 15 is 0 Å². The fraction of sp³-hybridized carbons (Fsp3) is 0.571. The topological polar surface area (TPSA) is 50.5 Å². The Bertz CT molecular complexity index is 448. The van der Waals surface area contributed by atoms with Crippen molar-refractivity contribution in [2.24, 2.45) is 5.41 Å². The zero-order valence-electron chi connectivity index (χ0n) is 10.9. The van der Waals surface area contributed by atoms with Crippen LogP contribution in [0.25, 0.3) is 0 Å². The molecule has 0 unspecified atom stereocenters. The molecule has 98 valence electrons. The van der Waals surface area contributed by atoms with Gasteiger partial charge in [0.05, 0.1) is 6.54 Å². The fourth-order valence-electron chi connectivity index (χ4n) is 2.19. The van der Waals surface area contributed by atoms with Gasteiger partial charge in [-0.2, -0.15) is 0 Å². The highest BCUT2D eigenvalue weighted by atomic mass is 16.3. The molecule has 0 saturated carbocycles. The van der Waals surface area contributed by atoms with Gasteiger partial charge in [-0.25, -0.2) is 0 Å². The van der Waals surface area contributed by atoms with E-state index in [2.05, 4.69) is 13.8 Å². The number of amides is 1. The minimum atomic E-state index is 0.171. The molecule has 1 amide bonds. The van der Waals surface area contributed by atoms with Gasteiger partial charge < -0.3 is 9.32 Å². The average molecular weight is 249 g/mol. The Morgan fingerprint density at radius 1 is 1.39 bits per heavy atom. The number of hydrogen-bond donors (Lipinski definition) is 0. The van der Waals surface area contributed by atoms with Gasteiger partial charge in [0.25, 0.3) is 0 Å². The third-order valence-corrected chi connectivity index (χ3v) is 3.57. The van der Waals surface area contributed by atoms with E-state index in [-0.39, 0.29) is 11.3 Å². The largest absolute Gasteiger partial charge is 0.456 e. The maximum atomic E-state index is 12.0. The molecular formula is C14H19NO3. The summed E-state index contributed by atoms with van der Waals surface area (Å²) in [4.78, 5) is 24.4. The number of carbonyl (C=O) groups is 2. The summed E-state index contributed by atoms with van der Waals surface area (Å²) in [5.74, 6) is 1.15. The number of aldehydes is 1. The molecule has 4 heteroatoms. The fourth-order valence-corrected chi connectivity index (χ4v) is 2.19. The third-order valence-electron chi connectivity index (χ3n) is 3.57. The minimum Gasteiger partial charge on any atom is -0.456 e. The molecule has 0 atom stereocenters. The summed E-state index contributed by atoms with van der Waals surface area (Å²) in [6.45, 7) is 5.61. The van der Waals surface area contributed by atoms with Crippen LogP contribution in [0.3, 0.4) is 0 Å². The lowest BCUT2D eigenvalue weighted by molar-refractivity contribution is -0.131. The molecule has 1 aromatic rings. The SMILES string of the molecule is CC1(C)CCC(=O)N(Cc2ccc(C=O)o2)CC1. The van der Waals surface area contributed by atoms with Gasteiger partial charge in [-0.3, -0.25) is 9.59 Å². The lowest BCUT2D eigenvalue weighted by atomic mass is 9.85. The molecule has 0 aliphatic carbocycles. The highest BCUT2D eigenvalue weighted by Gasteiger charge is 2.27. The molecule has 1 aromatic heterocycles. The van der Waals surface area contributed by atoms with Crippen LogP contribution in [0.4, 0.5) is 0 Å². The molecule has 0 spiro atoms. The van der Waals surface area contributed by atoms with E-state index in [4.69, 9.17) is 4.42 Å². The van der Waals surface area contributed by atoms with Crippen molar-refractivity contribution in [3.05, 3.63) is 23.7 Å². The van der Waals surface area contributed by atoms with E-state index in [1.54, 1.807) is 12.1 Å². The van der Waals surface area contributed by atoms with Crippen molar-refractivity contribution in [3.63, 3.8) is 0 Å². The van der Waals surface area contributed by atoms with E-state index in [0.717, 1.165) is 19.4 Å². The molecule has 2 heterocycles. The summed E-state index contributed by atoms with van der Waals surface area (Å²) in [6, 6.07) is 3.39. The van der Waals surface area contributed by atoms with Crippen molar-refractivity contribution in [2.45, 2.75) is 39.7 Å². The van der Waals surface area contributed by atoms with E-state index < -0.39 is 0 Å². The van der Waals surface area contributed by atoms with Crippen LogP contribution < -0.4 is 0 Å². The maximum Gasteiger partial charge on any atom is 0.222 e. The van der Waals surface area contributed by atoms with E-state index in [9.17, 15) is 9.59 Å². The first-order chi connectivity index (χ1) is 8.50. The van der Waals surface area contributed by atoms with Gasteiger partial charge in [0.2, 0.25) is 5.91 Å². The standard InChI is InChI=1S/C14H19NO3/c1-14(2)6-5-13(17)15(8-7-14)9-11-3-4-12(10-16)18-11/h3-4,10H,5-9H2,1-2H3. The lowest BCUT2D eigenvalue weighted by Crippen LogP contribution is -2.29. The van der Waals surface area contributed by atoms with Crippen LogP contribution in [0.5, 0.6) is 0 Å². The van der Waals surface area contributed by atoms with Crippen LogP contribution in [0.15, 0.2) is 16.5 Å². The van der Waals surface area contributed by atoms with E-state index in [1.807, 2.05) is 4.90 Å². The van der Waals surface area contributed by atoms with Gasteiger partial charge in [0, 0.05) is 13.0 Å². The van der Waals surface area contributed by atoms with Crippen LogP contribution >= 0.6 is 0 Å². The molecular weight excluding hydrogens is 230 g/mol. The predicted octanol–water partition coefficient (Wildman–Crippen LogP) is 2.63. The van der Waals surface area contributed by atoms with Gasteiger partial charge in [0.1, 0.15) is 5.76 Å². The molecule has 2 rings (SSSR count). The Morgan fingerprint density at radius 2 is 2.17 bits per heavy atom. The predicted molar refractivity (Wildman–Crippen MR) is 67.1 cm³/mol. The Labute approximate surface area is 107 Å². The normalized spacial score (nSPS) is 19.7. The van der Waals surface area contributed by atoms with Crippen molar-refractivity contribution in [1.82, 2.24) is 4.90 Å². The quantitative estimate of drug-likeness (QED) is 0.774. The Balaban J connectivity index is 2.03. The van der Waals surface area contributed by atoms with E-state index in [0.29, 0.717) is 30.8 Å². The number of hydrogen-bond acceptors (Lipinski definition) is 3. The molecule has 0 N–H and O–H groups in total. The van der Waals surface area contributed by atoms with Crippen LogP contribution in [-0.2, 0) is 11.3 Å². The third kappa shape index (κ3) is 3.00. The zero-order chi connectivity index (χ0) is 13.2. The molecule has 1 aliphatic rings. The summed E-state index contributed by atoms with van der Waals surface area (Å²) >= 11 is 0. The van der Waals surface area contributed by atoms with Crippen LogP contribution in [0, 0.1) is 5.41 Å². The number of likely N-dealkylation sites (tertiary alicyclic amines) is 1. The van der Waals surface area contributed by atoms with Gasteiger partial charge in [-0.1, -0.05) is 13.8 Å². The average Bonchev–Trinajstić information content (AvgIpc) is 2.74. The Hall–Kier alpha value is -1.58. The van der Waals surface area contributed by atoms with Crippen LogP contribution in [-0.4, -0.2) is 23.6 Å². The second-order valence-corrected chi connectivity index (χ2v) is 5.65. The molecule has 1 aliphatic heterocycles. The zero-order valence-corrected chi connectivity index (χ0v) is 10.9. The highest BCUT2D eigenvalue weighted by molar-refractivity contribution is 5.76. The first-order valence-electron chi connectivity index (χ1n) is 6.32. The molecule has 1 fully saturated rings. The first-order valence-corrected chi connectivity index (χ1v) is 6.32. The first kappa shape index (κ1) is 12.9. The van der Waals surface area contributed by atoms with Crippen molar-refractivity contribution in [1.29, 1.82) is 0 Å². The van der Waals surface area contributed by atoms with Gasteiger partial charge >= 0.3 is 0 Å². The Kier molecular flexibility index (Phi) is 3.55. The monoisotopic (exact) mass is 249 g/mol. The summed E-state index contributed by atoms with van der Waals surface area (Å²) in [5.41, 5.74) is 0.224. The molecule has 18 heavy (non-hydrogen) atoms. The van der Waals surface area contributed by atoms with Crippen molar-refractivity contribution in [3.8, 4) is 0 Å². The smallest absolute Gasteiger partial charge is 0.222 e. The Morgan fingerprint density at radius 3 is 2.83 bits per heavy atom. The highest BCUT2D eigenvalue weighted by Crippen LogP contribution is 2.30. The molecule has 0 bridgehead atoms. The summed E-state index contributed by atoms with van der Waals surface area (Å²) in [5, 5.41) is 0. The van der Waals surface area contributed by atoms with Crippen molar-refractivity contribution in [2.75, 3.05) is 6.54 Å². The second kappa shape index (κ2) is 4.96. The molecule has 4 nitrogen and oxygen atoms in total. The number of carbonyl (C=O) groups excluding carboxylic acids is 2. The maximum absolute atomic E-state index is 12.0. The van der Waals surface area contributed by atoms with Crippen molar-refractivity contribution < 1.29 is 14.0 Å². The summed E-state index contributed by atoms with van der Waals surface area (Å²) < 4.78 is 5.31. The van der Waals surface area contributed by atoms with Crippen LogP contribution in [0.2, 0.25) is 0 Å². The summed E-state index contributed by atoms with van der Waals surface area (Å²) in [7, 11) is 0. The number of nitrogens with zero attached hydrogens (tertiary/aromatic N) is 1. The molecule has 0 radical (unpaired) electrons. The lowest BCUT2D eigenvalue weighted by Gasteiger charge is -2.22. The number of furan rings is 1. The second-order valence-electron chi connectivity index (χ2n) is 5.65. The minimum absolute atomic E-state index is 0.171. The summed E-state index contributed by atoms with van der Waals surface area (Å²) in [6.07, 6.45) is 3.20. The molecule has 1 saturated heterocycles. The number of rotatable bonds is 3. The molecule has 0 aromatic carbocycles. The van der Waals surface area contributed by atoms with Crippen molar-refractivity contribution >= 4 is 12.2 Å². The van der Waals surface area contributed by atoms with Gasteiger partial charge in [-0.05, 0) is 30.4 Å². The van der Waals surface area contributed by atoms with E-state index in [1.165, 1.54) is 0 Å².